The molecule has 0 bridgehead atoms. The van der Waals surface area contributed by atoms with Gasteiger partial charge in [0.05, 0.1) is 12.5 Å². The Hall–Kier alpha value is -1.53. The number of thiophene rings is 1. The van der Waals surface area contributed by atoms with Gasteiger partial charge in [-0.1, -0.05) is 0 Å². The topological polar surface area (TPSA) is 44.0 Å². The quantitative estimate of drug-likeness (QED) is 0.774. The van der Waals surface area contributed by atoms with Gasteiger partial charge in [-0.25, -0.2) is 0 Å². The van der Waals surface area contributed by atoms with E-state index in [9.17, 15) is 5.11 Å². The van der Waals surface area contributed by atoms with Crippen LogP contribution in [0, 0.1) is 18.3 Å². The summed E-state index contributed by atoms with van der Waals surface area (Å²) in [6.45, 7) is 2.01. The minimum absolute atomic E-state index is 0.275. The highest BCUT2D eigenvalue weighted by molar-refractivity contribution is 7.19. The molecule has 0 saturated carbocycles. The number of benzene rings is 1. The summed E-state index contributed by atoms with van der Waals surface area (Å²) in [7, 11) is 0. The molecule has 1 heterocycles. The van der Waals surface area contributed by atoms with Crippen LogP contribution in [-0.2, 0) is 6.42 Å². The highest BCUT2D eigenvalue weighted by Crippen LogP contribution is 2.33. The first-order valence-corrected chi connectivity index (χ1v) is 5.11. The van der Waals surface area contributed by atoms with Crippen molar-refractivity contribution in [3.63, 3.8) is 0 Å². The third kappa shape index (κ3) is 1.45. The number of nitrogens with zero attached hydrogens (tertiary/aromatic N) is 1. The molecule has 0 aliphatic heterocycles. The van der Waals surface area contributed by atoms with E-state index in [0.717, 1.165) is 15.6 Å². The standard InChI is InChI=1S/C11H9NOS/c1-7-4-9-10(13)5-8(2-3-12)6-11(9)14-7/h4-6,13H,2H2,1H3. The second kappa shape index (κ2) is 3.32. The first kappa shape index (κ1) is 9.04. The van der Waals surface area contributed by atoms with Crippen molar-refractivity contribution in [1.29, 1.82) is 5.26 Å². The molecule has 3 heteroatoms. The highest BCUT2D eigenvalue weighted by atomic mass is 32.1. The van der Waals surface area contributed by atoms with Crippen molar-refractivity contribution in [3.8, 4) is 11.8 Å². The molecule has 1 N–H and O–H groups in total. The number of phenolic OH excluding ortho intramolecular Hbond substituents is 1. The fourth-order valence-electron chi connectivity index (χ4n) is 1.50. The Balaban J connectivity index is 2.66. The van der Waals surface area contributed by atoms with E-state index in [-0.39, 0.29) is 5.75 Å². The van der Waals surface area contributed by atoms with E-state index >= 15 is 0 Å². The first-order valence-electron chi connectivity index (χ1n) is 4.29. The van der Waals surface area contributed by atoms with Crippen molar-refractivity contribution in [3.05, 3.63) is 28.6 Å². The van der Waals surface area contributed by atoms with Crippen LogP contribution >= 0.6 is 11.3 Å². The summed E-state index contributed by atoms with van der Waals surface area (Å²) in [5.41, 5.74) is 0.874. The molecule has 0 aliphatic rings. The predicted octanol–water partition coefficient (Wildman–Crippen LogP) is 2.98. The number of nitriles is 1. The molecule has 0 amide bonds. The van der Waals surface area contributed by atoms with Crippen LogP contribution in [0.1, 0.15) is 10.4 Å². The molecular weight excluding hydrogens is 194 g/mol. The van der Waals surface area contributed by atoms with Gasteiger partial charge in [-0.3, -0.25) is 0 Å². The van der Waals surface area contributed by atoms with Crippen LogP contribution in [0.25, 0.3) is 10.1 Å². The van der Waals surface area contributed by atoms with Gasteiger partial charge < -0.3 is 5.11 Å². The number of fused-ring (bicyclic) bond motifs is 1. The van der Waals surface area contributed by atoms with Gasteiger partial charge in [0.2, 0.25) is 0 Å². The van der Waals surface area contributed by atoms with E-state index in [2.05, 4.69) is 6.07 Å². The molecule has 1 aromatic carbocycles. The largest absolute Gasteiger partial charge is 0.507 e. The molecule has 1 aromatic heterocycles. The molecule has 2 nitrogen and oxygen atoms in total. The third-order valence-electron chi connectivity index (χ3n) is 2.08. The van der Waals surface area contributed by atoms with Crippen molar-refractivity contribution < 1.29 is 5.11 Å². The molecular formula is C11H9NOS. The summed E-state index contributed by atoms with van der Waals surface area (Å²) < 4.78 is 1.05. The lowest BCUT2D eigenvalue weighted by Gasteiger charge is -1.98. The van der Waals surface area contributed by atoms with Crippen LogP contribution in [0.5, 0.6) is 5.75 Å². The zero-order valence-corrected chi connectivity index (χ0v) is 8.56. The zero-order chi connectivity index (χ0) is 10.1. The molecule has 0 saturated heterocycles. The van der Waals surface area contributed by atoms with Gasteiger partial charge in [0.25, 0.3) is 0 Å². The van der Waals surface area contributed by atoms with Crippen LogP contribution in [0.15, 0.2) is 18.2 Å². The van der Waals surface area contributed by atoms with Gasteiger partial charge in [0.1, 0.15) is 5.75 Å². The van der Waals surface area contributed by atoms with Crippen molar-refractivity contribution in [2.24, 2.45) is 0 Å². The lowest BCUT2D eigenvalue weighted by Crippen LogP contribution is -1.80. The maximum absolute atomic E-state index is 9.69. The lowest BCUT2D eigenvalue weighted by molar-refractivity contribution is 0.481. The Morgan fingerprint density at radius 2 is 2.21 bits per heavy atom. The average Bonchev–Trinajstić information content (AvgIpc) is 2.47. The summed E-state index contributed by atoms with van der Waals surface area (Å²) in [4.78, 5) is 1.17. The number of phenols is 1. The van der Waals surface area contributed by atoms with Crippen LogP contribution in [-0.4, -0.2) is 5.11 Å². The van der Waals surface area contributed by atoms with E-state index in [1.807, 2.05) is 19.1 Å². The second-order valence-corrected chi connectivity index (χ2v) is 4.51. The van der Waals surface area contributed by atoms with E-state index in [4.69, 9.17) is 5.26 Å². The SMILES string of the molecule is Cc1cc2c(O)cc(CC#N)cc2s1. The van der Waals surface area contributed by atoms with Gasteiger partial charge in [-0.15, -0.1) is 11.3 Å². The van der Waals surface area contributed by atoms with Crippen molar-refractivity contribution in [2.45, 2.75) is 13.3 Å². The normalized spacial score (nSPS) is 10.3. The summed E-state index contributed by atoms with van der Waals surface area (Å²) in [5.74, 6) is 0.275. The van der Waals surface area contributed by atoms with Crippen LogP contribution in [0.2, 0.25) is 0 Å². The number of hydrogen-bond donors (Lipinski definition) is 1. The molecule has 2 rings (SSSR count). The van der Waals surface area contributed by atoms with Gasteiger partial charge in [0, 0.05) is 15.0 Å². The summed E-state index contributed by atoms with van der Waals surface area (Å²) in [6, 6.07) is 7.67. The third-order valence-corrected chi connectivity index (χ3v) is 3.08. The second-order valence-electron chi connectivity index (χ2n) is 3.22. The molecule has 0 fully saturated rings. The molecule has 0 spiro atoms. The number of aryl methyl sites for hydroxylation is 1. The van der Waals surface area contributed by atoms with Crippen molar-refractivity contribution in [1.82, 2.24) is 0 Å². The zero-order valence-electron chi connectivity index (χ0n) is 7.74. The predicted molar refractivity (Wildman–Crippen MR) is 57.5 cm³/mol. The summed E-state index contributed by atoms with van der Waals surface area (Å²) in [6.07, 6.45) is 0.348. The van der Waals surface area contributed by atoms with Crippen molar-refractivity contribution in [2.75, 3.05) is 0 Å². The lowest BCUT2D eigenvalue weighted by atomic mass is 10.1. The molecule has 0 unspecified atom stereocenters. The van der Waals surface area contributed by atoms with Crippen LogP contribution in [0.3, 0.4) is 0 Å². The van der Waals surface area contributed by atoms with E-state index in [0.29, 0.717) is 6.42 Å². The maximum Gasteiger partial charge on any atom is 0.124 e. The monoisotopic (exact) mass is 203 g/mol. The molecule has 14 heavy (non-hydrogen) atoms. The Bertz CT molecular complexity index is 522. The fraction of sp³-hybridized carbons (Fsp3) is 0.182. The average molecular weight is 203 g/mol. The Kier molecular flexibility index (Phi) is 2.14. The van der Waals surface area contributed by atoms with Crippen molar-refractivity contribution >= 4 is 21.4 Å². The highest BCUT2D eigenvalue weighted by Gasteiger charge is 2.05. The molecule has 0 aliphatic carbocycles. The van der Waals surface area contributed by atoms with E-state index in [1.54, 1.807) is 17.4 Å². The Labute approximate surface area is 86.0 Å². The first-order chi connectivity index (χ1) is 6.70. The minimum Gasteiger partial charge on any atom is -0.507 e. The Morgan fingerprint density at radius 1 is 1.43 bits per heavy atom. The van der Waals surface area contributed by atoms with Gasteiger partial charge in [0.15, 0.2) is 0 Å². The van der Waals surface area contributed by atoms with E-state index in [1.165, 1.54) is 4.88 Å². The minimum atomic E-state index is 0.275. The smallest absolute Gasteiger partial charge is 0.124 e. The van der Waals surface area contributed by atoms with Gasteiger partial charge >= 0.3 is 0 Å². The Morgan fingerprint density at radius 3 is 2.93 bits per heavy atom. The number of aromatic hydroxyl groups is 1. The molecule has 2 aromatic rings. The molecule has 0 radical (unpaired) electrons. The van der Waals surface area contributed by atoms with E-state index < -0.39 is 0 Å². The van der Waals surface area contributed by atoms with Gasteiger partial charge in [-0.05, 0) is 30.7 Å². The number of rotatable bonds is 1. The molecule has 0 atom stereocenters. The number of hydrogen-bond acceptors (Lipinski definition) is 3. The summed E-state index contributed by atoms with van der Waals surface area (Å²) in [5, 5.41) is 19.1. The van der Waals surface area contributed by atoms with Crippen LogP contribution in [0.4, 0.5) is 0 Å². The van der Waals surface area contributed by atoms with Crippen LogP contribution < -0.4 is 0 Å². The molecule has 70 valence electrons. The fourth-order valence-corrected chi connectivity index (χ4v) is 2.50. The maximum atomic E-state index is 9.69. The van der Waals surface area contributed by atoms with Gasteiger partial charge in [-0.2, -0.15) is 5.26 Å². The summed E-state index contributed by atoms with van der Waals surface area (Å²) >= 11 is 1.64.